The van der Waals surface area contributed by atoms with Gasteiger partial charge < -0.3 is 19.8 Å². The molecular weight excluding hydrogens is 434 g/mol. The number of ether oxygens (including phenoxy) is 1. The first-order valence-electron chi connectivity index (χ1n) is 12.2. The molecule has 0 unspecified atom stereocenters. The number of nitrogens with zero attached hydrogens (tertiary/aromatic N) is 1. The normalized spacial score (nSPS) is 28.2. The number of allylic oxidation sites excluding steroid dienone is 2. The molecule has 3 aliphatic rings. The number of aryl methyl sites for hydroxylation is 1. The number of aliphatic hydroxyl groups excluding tert-OH is 2. The minimum atomic E-state index is -0.535. The summed E-state index contributed by atoms with van der Waals surface area (Å²) in [5, 5.41) is 21.1. The van der Waals surface area contributed by atoms with E-state index in [1.165, 1.54) is 11.1 Å². The SMILES string of the molecule is Cc1cccc(C[C@@H](O)/C=C/[C@@H]2[C@H]3CC(CCSCC(=O)N4CCOCC4)=C[C@H]3C[C@H]2O)c1. The van der Waals surface area contributed by atoms with E-state index in [1.807, 2.05) is 23.1 Å². The zero-order valence-corrected chi connectivity index (χ0v) is 20.4. The summed E-state index contributed by atoms with van der Waals surface area (Å²) in [7, 11) is 0. The van der Waals surface area contributed by atoms with E-state index in [0.29, 0.717) is 50.3 Å². The minimum absolute atomic E-state index is 0.103. The second-order valence-electron chi connectivity index (χ2n) is 9.68. The zero-order valence-electron chi connectivity index (χ0n) is 19.6. The van der Waals surface area contributed by atoms with Gasteiger partial charge >= 0.3 is 0 Å². The van der Waals surface area contributed by atoms with Crippen LogP contribution < -0.4 is 0 Å². The Hall–Kier alpha value is -1.60. The molecule has 1 amide bonds. The van der Waals surface area contributed by atoms with Gasteiger partial charge in [0.25, 0.3) is 0 Å². The van der Waals surface area contributed by atoms with Gasteiger partial charge in [0, 0.05) is 25.4 Å². The summed E-state index contributed by atoms with van der Waals surface area (Å²) in [6, 6.07) is 8.24. The number of benzene rings is 1. The van der Waals surface area contributed by atoms with Crippen LogP contribution in [0, 0.1) is 24.7 Å². The zero-order chi connectivity index (χ0) is 23.2. The van der Waals surface area contributed by atoms with Gasteiger partial charge in [-0.15, -0.1) is 0 Å². The average Bonchev–Trinajstić information content (AvgIpc) is 3.32. The van der Waals surface area contributed by atoms with Crippen LogP contribution >= 0.6 is 11.8 Å². The second-order valence-corrected chi connectivity index (χ2v) is 10.8. The highest BCUT2D eigenvalue weighted by atomic mass is 32.2. The fourth-order valence-corrected chi connectivity index (χ4v) is 6.37. The lowest BCUT2D eigenvalue weighted by Crippen LogP contribution is -2.41. The van der Waals surface area contributed by atoms with Crippen molar-refractivity contribution in [2.24, 2.45) is 17.8 Å². The van der Waals surface area contributed by atoms with Crippen LogP contribution in [0.15, 0.2) is 48.1 Å². The van der Waals surface area contributed by atoms with Crippen molar-refractivity contribution in [2.75, 3.05) is 37.8 Å². The molecule has 1 aromatic rings. The van der Waals surface area contributed by atoms with Gasteiger partial charge in [-0.2, -0.15) is 11.8 Å². The van der Waals surface area contributed by atoms with E-state index in [1.54, 1.807) is 11.8 Å². The number of aliphatic hydroxyl groups is 2. The van der Waals surface area contributed by atoms with Crippen molar-refractivity contribution in [3.8, 4) is 0 Å². The number of amides is 1. The van der Waals surface area contributed by atoms with E-state index >= 15 is 0 Å². The number of hydrogen-bond acceptors (Lipinski definition) is 5. The van der Waals surface area contributed by atoms with E-state index in [0.717, 1.165) is 30.6 Å². The molecule has 6 heteroatoms. The van der Waals surface area contributed by atoms with Crippen molar-refractivity contribution < 1.29 is 19.7 Å². The molecule has 1 heterocycles. The van der Waals surface area contributed by atoms with Crippen LogP contribution in [-0.4, -0.2) is 71.0 Å². The van der Waals surface area contributed by atoms with Crippen molar-refractivity contribution in [1.82, 2.24) is 4.90 Å². The third-order valence-electron chi connectivity index (χ3n) is 7.19. The summed E-state index contributed by atoms with van der Waals surface area (Å²) < 4.78 is 5.31. The fraction of sp³-hybridized carbons (Fsp3) is 0.593. The molecule has 1 saturated heterocycles. The number of carbonyl (C=O) groups excluding carboxylic acids is 1. The van der Waals surface area contributed by atoms with Crippen molar-refractivity contribution in [2.45, 2.75) is 44.8 Å². The van der Waals surface area contributed by atoms with Crippen molar-refractivity contribution >= 4 is 17.7 Å². The third-order valence-corrected chi connectivity index (χ3v) is 8.13. The monoisotopic (exact) mass is 471 g/mol. The molecule has 5 nitrogen and oxygen atoms in total. The molecule has 2 N–H and O–H groups in total. The summed E-state index contributed by atoms with van der Waals surface area (Å²) in [5.74, 6) is 2.68. The van der Waals surface area contributed by atoms with Gasteiger partial charge in [-0.3, -0.25) is 4.79 Å². The Bertz CT molecular complexity index is 863. The predicted molar refractivity (Wildman–Crippen MR) is 133 cm³/mol. The Labute approximate surface area is 201 Å². The number of fused-ring (bicyclic) bond motifs is 1. The van der Waals surface area contributed by atoms with Crippen LogP contribution in [0.1, 0.15) is 30.4 Å². The molecule has 5 atom stereocenters. The highest BCUT2D eigenvalue weighted by Gasteiger charge is 2.43. The minimum Gasteiger partial charge on any atom is -0.392 e. The highest BCUT2D eigenvalue weighted by Crippen LogP contribution is 2.48. The molecule has 33 heavy (non-hydrogen) atoms. The van der Waals surface area contributed by atoms with Crippen LogP contribution in [0.4, 0.5) is 0 Å². The summed E-state index contributed by atoms with van der Waals surface area (Å²) in [6.45, 7) is 4.79. The summed E-state index contributed by atoms with van der Waals surface area (Å²) in [5.41, 5.74) is 3.79. The fourth-order valence-electron chi connectivity index (χ4n) is 5.46. The van der Waals surface area contributed by atoms with E-state index in [-0.39, 0.29) is 17.9 Å². The first kappa shape index (κ1) is 24.5. The standard InChI is InChI=1S/C27H37NO4S/c1-19-3-2-4-20(13-19)15-23(29)5-6-24-25-16-21(14-22(25)17-26(24)30)7-12-33-18-27(31)28-8-10-32-11-9-28/h2-6,13-14,22-26,29-30H,7-12,15-18H2,1H3/b6-5+/t22-,23-,24+,25-,26+/m0/s1. The van der Waals surface area contributed by atoms with Crippen LogP contribution in [0.3, 0.4) is 0 Å². The predicted octanol–water partition coefficient (Wildman–Crippen LogP) is 3.38. The van der Waals surface area contributed by atoms with Gasteiger partial charge in [0.05, 0.1) is 31.2 Å². The summed E-state index contributed by atoms with van der Waals surface area (Å²) in [6.07, 6.45) is 8.87. The van der Waals surface area contributed by atoms with Gasteiger partial charge in [-0.05, 0) is 49.3 Å². The van der Waals surface area contributed by atoms with Gasteiger partial charge in [0.2, 0.25) is 5.91 Å². The van der Waals surface area contributed by atoms with Gasteiger partial charge in [0.1, 0.15) is 0 Å². The van der Waals surface area contributed by atoms with Gasteiger partial charge in [-0.25, -0.2) is 0 Å². The lowest BCUT2D eigenvalue weighted by molar-refractivity contribution is -0.132. The largest absolute Gasteiger partial charge is 0.392 e. The Morgan fingerprint density at radius 2 is 2.15 bits per heavy atom. The van der Waals surface area contributed by atoms with Crippen LogP contribution in [0.25, 0.3) is 0 Å². The number of morpholine rings is 1. The van der Waals surface area contributed by atoms with E-state index in [9.17, 15) is 15.0 Å². The van der Waals surface area contributed by atoms with Crippen molar-refractivity contribution in [3.63, 3.8) is 0 Å². The molecule has 0 aromatic heterocycles. The molecule has 2 fully saturated rings. The molecule has 2 aliphatic carbocycles. The number of hydrogen-bond donors (Lipinski definition) is 2. The molecule has 0 spiro atoms. The topological polar surface area (TPSA) is 70.0 Å². The van der Waals surface area contributed by atoms with Crippen molar-refractivity contribution in [1.29, 1.82) is 0 Å². The molecule has 180 valence electrons. The Balaban J connectivity index is 1.21. The first-order valence-corrected chi connectivity index (χ1v) is 13.4. The maximum absolute atomic E-state index is 12.3. The molecule has 0 radical (unpaired) electrons. The average molecular weight is 472 g/mol. The summed E-state index contributed by atoms with van der Waals surface area (Å²) in [4.78, 5) is 14.2. The Morgan fingerprint density at radius 1 is 1.33 bits per heavy atom. The number of carbonyl (C=O) groups is 1. The van der Waals surface area contributed by atoms with E-state index in [2.05, 4.69) is 31.2 Å². The number of rotatable bonds is 9. The maximum Gasteiger partial charge on any atom is 0.232 e. The summed E-state index contributed by atoms with van der Waals surface area (Å²) >= 11 is 1.72. The molecular formula is C27H37NO4S. The maximum atomic E-state index is 12.3. The van der Waals surface area contributed by atoms with E-state index in [4.69, 9.17) is 4.74 Å². The molecule has 1 aliphatic heterocycles. The Kier molecular flexibility index (Phi) is 8.69. The highest BCUT2D eigenvalue weighted by molar-refractivity contribution is 7.99. The Morgan fingerprint density at radius 3 is 2.94 bits per heavy atom. The smallest absolute Gasteiger partial charge is 0.232 e. The second kappa shape index (κ2) is 11.7. The van der Waals surface area contributed by atoms with Crippen LogP contribution in [-0.2, 0) is 16.0 Å². The van der Waals surface area contributed by atoms with Gasteiger partial charge in [-0.1, -0.05) is 53.6 Å². The van der Waals surface area contributed by atoms with Crippen LogP contribution in [0.5, 0.6) is 0 Å². The first-order chi connectivity index (χ1) is 16.0. The van der Waals surface area contributed by atoms with Crippen LogP contribution in [0.2, 0.25) is 0 Å². The van der Waals surface area contributed by atoms with E-state index < -0.39 is 6.10 Å². The lowest BCUT2D eigenvalue weighted by Gasteiger charge is -2.26. The quantitative estimate of drug-likeness (QED) is 0.427. The molecule has 0 bridgehead atoms. The number of thioether (sulfide) groups is 1. The molecule has 1 aromatic carbocycles. The third kappa shape index (κ3) is 6.72. The molecule has 4 rings (SSSR count). The van der Waals surface area contributed by atoms with Gasteiger partial charge in [0.15, 0.2) is 0 Å². The van der Waals surface area contributed by atoms with Crippen molar-refractivity contribution in [3.05, 3.63) is 59.2 Å². The lowest BCUT2D eigenvalue weighted by atomic mass is 9.88. The molecule has 1 saturated carbocycles.